The smallest absolute Gasteiger partial charge is 0.335 e. The fourth-order valence-electron chi connectivity index (χ4n) is 2.96. The lowest BCUT2D eigenvalue weighted by Gasteiger charge is -2.35. The molecule has 0 atom stereocenters. The van der Waals surface area contributed by atoms with Crippen molar-refractivity contribution in [3.63, 3.8) is 0 Å². The van der Waals surface area contributed by atoms with Crippen LogP contribution in [0.25, 0.3) is 0 Å². The van der Waals surface area contributed by atoms with Crippen LogP contribution < -0.4 is 10.2 Å². The molecule has 1 amide bonds. The van der Waals surface area contributed by atoms with E-state index in [1.807, 2.05) is 29.2 Å². The van der Waals surface area contributed by atoms with E-state index in [-0.39, 0.29) is 11.1 Å². The van der Waals surface area contributed by atoms with Crippen LogP contribution in [-0.2, 0) is 4.79 Å². The zero-order valence-electron chi connectivity index (χ0n) is 15.2. The summed E-state index contributed by atoms with van der Waals surface area (Å²) < 4.78 is 0. The number of aromatic carboxylic acids is 1. The summed E-state index contributed by atoms with van der Waals surface area (Å²) in [6.45, 7) is 3.02. The van der Waals surface area contributed by atoms with E-state index < -0.39 is 11.9 Å². The average molecular weight is 376 g/mol. The van der Waals surface area contributed by atoms with Crippen molar-refractivity contribution in [2.75, 3.05) is 36.4 Å². The summed E-state index contributed by atoms with van der Waals surface area (Å²) in [6, 6.07) is 17.8. The minimum atomic E-state index is -1.04. The fourth-order valence-corrected chi connectivity index (χ4v) is 2.96. The summed E-state index contributed by atoms with van der Waals surface area (Å²) >= 11 is 0. The summed E-state index contributed by atoms with van der Waals surface area (Å²) in [4.78, 5) is 27.5. The van der Waals surface area contributed by atoms with Crippen LogP contribution in [0.1, 0.15) is 10.4 Å². The molecule has 142 valence electrons. The first-order chi connectivity index (χ1) is 13.6. The van der Waals surface area contributed by atoms with Crippen molar-refractivity contribution in [1.29, 1.82) is 5.26 Å². The van der Waals surface area contributed by atoms with Crippen molar-refractivity contribution in [3.05, 3.63) is 71.9 Å². The molecule has 1 aliphatic heterocycles. The van der Waals surface area contributed by atoms with Gasteiger partial charge in [-0.25, -0.2) is 4.79 Å². The molecule has 1 heterocycles. The van der Waals surface area contributed by atoms with E-state index in [9.17, 15) is 14.9 Å². The van der Waals surface area contributed by atoms with Gasteiger partial charge in [-0.1, -0.05) is 18.2 Å². The molecule has 0 radical (unpaired) electrons. The number of rotatable bonds is 5. The quantitative estimate of drug-likeness (QED) is 0.615. The third-order valence-electron chi connectivity index (χ3n) is 4.50. The van der Waals surface area contributed by atoms with Crippen LogP contribution >= 0.6 is 0 Å². The van der Waals surface area contributed by atoms with Crippen LogP contribution in [0.2, 0.25) is 0 Å². The number of carbonyl (C=O) groups is 2. The summed E-state index contributed by atoms with van der Waals surface area (Å²) in [6.07, 6.45) is 1.59. The number of nitrogens with one attached hydrogen (secondary N) is 1. The van der Waals surface area contributed by atoms with Crippen molar-refractivity contribution < 1.29 is 14.7 Å². The number of carboxylic acid groups (broad SMARTS) is 1. The van der Waals surface area contributed by atoms with Crippen molar-refractivity contribution in [2.24, 2.45) is 0 Å². The predicted octanol–water partition coefficient (Wildman–Crippen LogP) is 2.55. The van der Waals surface area contributed by atoms with E-state index >= 15 is 0 Å². The number of benzene rings is 2. The highest BCUT2D eigenvalue weighted by Gasteiger charge is 2.17. The number of carbonyl (C=O) groups excluding carboxylic acids is 1. The normalized spacial score (nSPS) is 14.3. The van der Waals surface area contributed by atoms with E-state index in [2.05, 4.69) is 22.3 Å². The number of amides is 1. The molecule has 28 heavy (non-hydrogen) atoms. The minimum absolute atomic E-state index is 0.00970. The molecule has 1 saturated heterocycles. The van der Waals surface area contributed by atoms with E-state index in [0.717, 1.165) is 18.8 Å². The Morgan fingerprint density at radius 3 is 2.21 bits per heavy atom. The van der Waals surface area contributed by atoms with Crippen LogP contribution in [-0.4, -0.2) is 48.1 Å². The van der Waals surface area contributed by atoms with Crippen LogP contribution in [0.15, 0.2) is 66.4 Å². The van der Waals surface area contributed by atoms with Gasteiger partial charge in [-0.15, -0.1) is 0 Å². The summed E-state index contributed by atoms with van der Waals surface area (Å²) in [5, 5.41) is 20.9. The Balaban J connectivity index is 1.60. The Bertz CT molecular complexity index is 909. The van der Waals surface area contributed by atoms with Gasteiger partial charge in [0, 0.05) is 43.8 Å². The largest absolute Gasteiger partial charge is 0.478 e. The Labute approximate surface area is 163 Å². The van der Waals surface area contributed by atoms with Crippen LogP contribution in [0.4, 0.5) is 11.4 Å². The second-order valence-electron chi connectivity index (χ2n) is 6.35. The Morgan fingerprint density at radius 2 is 1.64 bits per heavy atom. The number of anilines is 2. The second kappa shape index (κ2) is 8.73. The monoisotopic (exact) mass is 376 g/mol. The Morgan fingerprint density at radius 1 is 1.00 bits per heavy atom. The first-order valence-electron chi connectivity index (χ1n) is 8.87. The zero-order valence-corrected chi connectivity index (χ0v) is 15.2. The summed E-state index contributed by atoms with van der Waals surface area (Å²) in [7, 11) is 0. The average Bonchev–Trinajstić information content (AvgIpc) is 2.73. The highest BCUT2D eigenvalue weighted by atomic mass is 16.4. The van der Waals surface area contributed by atoms with E-state index in [1.54, 1.807) is 6.20 Å². The fraction of sp³-hybridized carbons (Fsp3) is 0.190. The molecule has 7 nitrogen and oxygen atoms in total. The summed E-state index contributed by atoms with van der Waals surface area (Å²) in [5.74, 6) is -1.55. The van der Waals surface area contributed by atoms with Gasteiger partial charge in [0.15, 0.2) is 0 Å². The maximum Gasteiger partial charge on any atom is 0.335 e. The first-order valence-corrected chi connectivity index (χ1v) is 8.87. The third kappa shape index (κ3) is 4.68. The van der Waals surface area contributed by atoms with Gasteiger partial charge in [-0.05, 0) is 36.4 Å². The van der Waals surface area contributed by atoms with Crippen molar-refractivity contribution in [1.82, 2.24) is 4.90 Å². The molecule has 7 heteroatoms. The molecular formula is C21H20N4O3. The van der Waals surface area contributed by atoms with Crippen LogP contribution in [0.5, 0.6) is 0 Å². The second-order valence-corrected chi connectivity index (χ2v) is 6.35. The third-order valence-corrected chi connectivity index (χ3v) is 4.50. The highest BCUT2D eigenvalue weighted by molar-refractivity contribution is 6.06. The number of hydrogen-bond acceptors (Lipinski definition) is 5. The van der Waals surface area contributed by atoms with Gasteiger partial charge in [0.25, 0.3) is 5.91 Å². The lowest BCUT2D eigenvalue weighted by molar-refractivity contribution is -0.112. The maximum atomic E-state index is 12.4. The highest BCUT2D eigenvalue weighted by Crippen LogP contribution is 2.16. The van der Waals surface area contributed by atoms with E-state index in [0.29, 0.717) is 18.8 Å². The van der Waals surface area contributed by atoms with Gasteiger partial charge < -0.3 is 20.2 Å². The molecule has 0 aliphatic carbocycles. The van der Waals surface area contributed by atoms with Gasteiger partial charge in [0.2, 0.25) is 0 Å². The van der Waals surface area contributed by atoms with Gasteiger partial charge >= 0.3 is 5.97 Å². The van der Waals surface area contributed by atoms with Crippen molar-refractivity contribution in [2.45, 2.75) is 0 Å². The molecule has 2 N–H and O–H groups in total. The Hall–Kier alpha value is -3.79. The number of piperazine rings is 1. The van der Waals surface area contributed by atoms with Gasteiger partial charge in [-0.2, -0.15) is 5.26 Å². The molecule has 3 rings (SSSR count). The van der Waals surface area contributed by atoms with Gasteiger partial charge in [-0.3, -0.25) is 4.79 Å². The maximum absolute atomic E-state index is 12.4. The molecule has 1 aliphatic rings. The number of nitrogens with zero attached hydrogens (tertiary/aromatic N) is 3. The number of hydrogen-bond donors (Lipinski definition) is 2. The minimum Gasteiger partial charge on any atom is -0.478 e. The molecule has 0 bridgehead atoms. The molecule has 2 aromatic rings. The molecule has 1 fully saturated rings. The van der Waals surface area contributed by atoms with Crippen molar-refractivity contribution >= 4 is 23.3 Å². The molecular weight excluding hydrogens is 356 g/mol. The van der Waals surface area contributed by atoms with Crippen LogP contribution in [0, 0.1) is 11.3 Å². The predicted molar refractivity (Wildman–Crippen MR) is 106 cm³/mol. The Kier molecular flexibility index (Phi) is 5.92. The molecule has 0 unspecified atom stereocenters. The molecule has 0 spiro atoms. The molecule has 0 saturated carbocycles. The lowest BCUT2D eigenvalue weighted by atomic mass is 10.2. The van der Waals surface area contributed by atoms with Crippen LogP contribution in [0.3, 0.4) is 0 Å². The SMILES string of the molecule is N#C/C(=C/N1CCN(c2ccccc2)CC1)C(=O)Nc1ccc(C(=O)O)cc1. The standard InChI is InChI=1S/C21H20N4O3/c22-14-17(20(26)23-18-8-6-16(7-9-18)21(27)28)15-24-10-12-25(13-11-24)19-4-2-1-3-5-19/h1-9,15H,10-13H2,(H,23,26)(H,27,28)/b17-15-. The van der Waals surface area contributed by atoms with E-state index in [4.69, 9.17) is 5.11 Å². The van der Waals surface area contributed by atoms with Crippen molar-refractivity contribution in [3.8, 4) is 6.07 Å². The number of carboxylic acids is 1. The lowest BCUT2D eigenvalue weighted by Crippen LogP contribution is -2.44. The molecule has 2 aromatic carbocycles. The van der Waals surface area contributed by atoms with Gasteiger partial charge in [0.1, 0.15) is 11.6 Å². The summed E-state index contributed by atoms with van der Waals surface area (Å²) in [5.41, 5.74) is 1.74. The molecule has 0 aromatic heterocycles. The first kappa shape index (κ1) is 19.0. The number of nitriles is 1. The number of para-hydroxylation sites is 1. The topological polar surface area (TPSA) is 96.7 Å². The van der Waals surface area contributed by atoms with E-state index in [1.165, 1.54) is 24.3 Å². The van der Waals surface area contributed by atoms with Gasteiger partial charge in [0.05, 0.1) is 5.56 Å². The zero-order chi connectivity index (χ0) is 19.9.